The molecule has 0 saturated carbocycles. The first-order chi connectivity index (χ1) is 8.09. The van der Waals surface area contributed by atoms with Gasteiger partial charge in [0.05, 0.1) is 11.2 Å². The van der Waals surface area contributed by atoms with Crippen LogP contribution in [-0.2, 0) is 6.54 Å². The minimum absolute atomic E-state index is 0.343. The number of hydrogen-bond acceptors (Lipinski definition) is 4. The van der Waals surface area contributed by atoms with Gasteiger partial charge in [-0.1, -0.05) is 13.3 Å². The largest absolute Gasteiger partial charge is 0.328 e. The van der Waals surface area contributed by atoms with Crippen molar-refractivity contribution >= 4 is 11.3 Å². The van der Waals surface area contributed by atoms with Crippen LogP contribution in [0.2, 0.25) is 0 Å². The predicted octanol–water partition coefficient (Wildman–Crippen LogP) is 2.69. The zero-order valence-electron chi connectivity index (χ0n) is 11.2. The van der Waals surface area contributed by atoms with Gasteiger partial charge in [-0.3, -0.25) is 0 Å². The summed E-state index contributed by atoms with van der Waals surface area (Å²) in [6.45, 7) is 8.48. The van der Waals surface area contributed by atoms with E-state index in [-0.39, 0.29) is 0 Å². The first kappa shape index (κ1) is 14.6. The molecule has 0 amide bonds. The van der Waals surface area contributed by atoms with Gasteiger partial charge in [0.15, 0.2) is 0 Å². The standard InChI is InChI=1S/C13H25N3S/c1-10(5-4-6-11(2)14)7-15-8-13-12(3)16-9-17-13/h9-11,15H,4-8,14H2,1-3H3. The molecule has 1 heterocycles. The van der Waals surface area contributed by atoms with Crippen LogP contribution in [0, 0.1) is 12.8 Å². The van der Waals surface area contributed by atoms with Gasteiger partial charge in [0.25, 0.3) is 0 Å². The van der Waals surface area contributed by atoms with Crippen molar-refractivity contribution in [3.63, 3.8) is 0 Å². The summed E-state index contributed by atoms with van der Waals surface area (Å²) in [4.78, 5) is 5.60. The lowest BCUT2D eigenvalue weighted by Gasteiger charge is -2.13. The summed E-state index contributed by atoms with van der Waals surface area (Å²) < 4.78 is 0. The summed E-state index contributed by atoms with van der Waals surface area (Å²) in [7, 11) is 0. The molecule has 2 unspecified atom stereocenters. The van der Waals surface area contributed by atoms with Crippen molar-refractivity contribution in [1.29, 1.82) is 0 Å². The van der Waals surface area contributed by atoms with Crippen molar-refractivity contribution in [3.05, 3.63) is 16.1 Å². The molecule has 0 fully saturated rings. The van der Waals surface area contributed by atoms with Gasteiger partial charge < -0.3 is 11.1 Å². The summed E-state index contributed by atoms with van der Waals surface area (Å²) in [5, 5.41) is 3.51. The number of aryl methyl sites for hydroxylation is 1. The molecule has 17 heavy (non-hydrogen) atoms. The van der Waals surface area contributed by atoms with Crippen LogP contribution in [0.3, 0.4) is 0 Å². The second-order valence-electron chi connectivity index (χ2n) is 5.01. The van der Waals surface area contributed by atoms with Gasteiger partial charge in [0, 0.05) is 17.5 Å². The highest BCUT2D eigenvalue weighted by atomic mass is 32.1. The molecule has 4 heteroatoms. The second-order valence-corrected chi connectivity index (χ2v) is 5.94. The maximum absolute atomic E-state index is 5.74. The summed E-state index contributed by atoms with van der Waals surface area (Å²) in [5.74, 6) is 0.724. The third kappa shape index (κ3) is 6.15. The Balaban J connectivity index is 2.08. The Morgan fingerprint density at radius 2 is 2.18 bits per heavy atom. The normalized spacial score (nSPS) is 14.8. The second kappa shape index (κ2) is 7.80. The van der Waals surface area contributed by atoms with Crippen molar-refractivity contribution in [2.45, 2.75) is 52.6 Å². The van der Waals surface area contributed by atoms with Crippen LogP contribution in [0.15, 0.2) is 5.51 Å². The first-order valence-corrected chi connectivity index (χ1v) is 7.32. The fraction of sp³-hybridized carbons (Fsp3) is 0.769. The Hall–Kier alpha value is -0.450. The number of thiazole rings is 1. The molecule has 1 rings (SSSR count). The molecule has 0 aliphatic heterocycles. The average molecular weight is 255 g/mol. The van der Waals surface area contributed by atoms with Gasteiger partial charge >= 0.3 is 0 Å². The van der Waals surface area contributed by atoms with Crippen LogP contribution >= 0.6 is 11.3 Å². The third-order valence-electron chi connectivity index (χ3n) is 2.98. The number of nitrogens with one attached hydrogen (secondary N) is 1. The zero-order valence-corrected chi connectivity index (χ0v) is 12.0. The molecular formula is C13H25N3S. The van der Waals surface area contributed by atoms with E-state index in [0.29, 0.717) is 6.04 Å². The van der Waals surface area contributed by atoms with Gasteiger partial charge in [-0.25, -0.2) is 4.98 Å². The lowest BCUT2D eigenvalue weighted by molar-refractivity contribution is 0.448. The molecule has 0 saturated heterocycles. The molecular weight excluding hydrogens is 230 g/mol. The Morgan fingerprint density at radius 3 is 2.76 bits per heavy atom. The van der Waals surface area contributed by atoms with Gasteiger partial charge in [0.2, 0.25) is 0 Å². The molecule has 0 bridgehead atoms. The molecule has 3 nitrogen and oxygen atoms in total. The number of aromatic nitrogens is 1. The summed E-state index contributed by atoms with van der Waals surface area (Å²) in [6, 6.07) is 0.343. The van der Waals surface area contributed by atoms with E-state index in [1.54, 1.807) is 11.3 Å². The highest BCUT2D eigenvalue weighted by Gasteiger charge is 2.04. The number of nitrogens with zero attached hydrogens (tertiary/aromatic N) is 1. The smallest absolute Gasteiger partial charge is 0.0798 e. The van der Waals surface area contributed by atoms with Crippen LogP contribution in [0.25, 0.3) is 0 Å². The monoisotopic (exact) mass is 255 g/mol. The van der Waals surface area contributed by atoms with Crippen molar-refractivity contribution < 1.29 is 0 Å². The first-order valence-electron chi connectivity index (χ1n) is 6.45. The molecule has 3 N–H and O–H groups in total. The Kier molecular flexibility index (Phi) is 6.70. The number of nitrogens with two attached hydrogens (primary N) is 1. The van der Waals surface area contributed by atoms with Crippen molar-refractivity contribution in [1.82, 2.24) is 10.3 Å². The molecule has 1 aromatic rings. The molecule has 0 spiro atoms. The predicted molar refractivity (Wildman–Crippen MR) is 75.2 cm³/mol. The van der Waals surface area contributed by atoms with Crippen LogP contribution in [0.5, 0.6) is 0 Å². The lowest BCUT2D eigenvalue weighted by Crippen LogP contribution is -2.21. The van der Waals surface area contributed by atoms with Crippen molar-refractivity contribution in [3.8, 4) is 0 Å². The highest BCUT2D eigenvalue weighted by molar-refractivity contribution is 7.09. The van der Waals surface area contributed by atoms with E-state index in [2.05, 4.69) is 31.1 Å². The Labute approximate surface area is 109 Å². The highest BCUT2D eigenvalue weighted by Crippen LogP contribution is 2.12. The van der Waals surface area contributed by atoms with E-state index in [0.717, 1.165) is 31.1 Å². The molecule has 0 aromatic carbocycles. The van der Waals surface area contributed by atoms with Crippen molar-refractivity contribution in [2.24, 2.45) is 11.7 Å². The molecule has 98 valence electrons. The Bertz CT molecular complexity index is 309. The molecule has 2 atom stereocenters. The zero-order chi connectivity index (χ0) is 12.7. The molecule has 0 radical (unpaired) electrons. The summed E-state index contributed by atoms with van der Waals surface area (Å²) in [5.41, 5.74) is 8.81. The van der Waals surface area contributed by atoms with E-state index in [1.165, 1.54) is 17.7 Å². The molecule has 1 aromatic heterocycles. The minimum atomic E-state index is 0.343. The van der Waals surface area contributed by atoms with E-state index < -0.39 is 0 Å². The van der Waals surface area contributed by atoms with Gasteiger partial charge in [-0.2, -0.15) is 0 Å². The fourth-order valence-corrected chi connectivity index (χ4v) is 2.57. The lowest BCUT2D eigenvalue weighted by atomic mass is 10.0. The van der Waals surface area contributed by atoms with Gasteiger partial charge in [-0.15, -0.1) is 11.3 Å². The van der Waals surface area contributed by atoms with E-state index >= 15 is 0 Å². The fourth-order valence-electron chi connectivity index (χ4n) is 1.82. The van der Waals surface area contributed by atoms with Crippen LogP contribution in [-0.4, -0.2) is 17.6 Å². The molecule has 0 aliphatic rings. The molecule has 0 aliphatic carbocycles. The van der Waals surface area contributed by atoms with E-state index in [9.17, 15) is 0 Å². The summed E-state index contributed by atoms with van der Waals surface area (Å²) in [6.07, 6.45) is 3.63. The van der Waals surface area contributed by atoms with Crippen LogP contribution < -0.4 is 11.1 Å². The van der Waals surface area contributed by atoms with Gasteiger partial charge in [-0.05, 0) is 39.2 Å². The SMILES string of the molecule is Cc1ncsc1CNCC(C)CCCC(C)N. The van der Waals surface area contributed by atoms with Crippen molar-refractivity contribution in [2.75, 3.05) is 6.54 Å². The van der Waals surface area contributed by atoms with E-state index in [1.807, 2.05) is 5.51 Å². The topological polar surface area (TPSA) is 50.9 Å². The van der Waals surface area contributed by atoms with Crippen LogP contribution in [0.1, 0.15) is 43.7 Å². The number of hydrogen-bond donors (Lipinski definition) is 2. The number of rotatable bonds is 8. The van der Waals surface area contributed by atoms with E-state index in [4.69, 9.17) is 5.73 Å². The van der Waals surface area contributed by atoms with Crippen LogP contribution in [0.4, 0.5) is 0 Å². The summed E-state index contributed by atoms with van der Waals surface area (Å²) >= 11 is 1.73. The maximum atomic E-state index is 5.74. The third-order valence-corrected chi connectivity index (χ3v) is 3.91. The minimum Gasteiger partial charge on any atom is -0.328 e. The average Bonchev–Trinajstić information content (AvgIpc) is 2.64. The maximum Gasteiger partial charge on any atom is 0.0798 e. The Morgan fingerprint density at radius 1 is 1.41 bits per heavy atom. The quantitative estimate of drug-likeness (QED) is 0.751. The van der Waals surface area contributed by atoms with Gasteiger partial charge in [0.1, 0.15) is 0 Å².